The first-order valence-electron chi connectivity index (χ1n) is 6.43. The fourth-order valence-electron chi connectivity index (χ4n) is 2.15. The summed E-state index contributed by atoms with van der Waals surface area (Å²) in [5.74, 6) is -0.284. The number of benzene rings is 1. The van der Waals surface area contributed by atoms with Crippen LogP contribution >= 0.6 is 0 Å². The maximum absolute atomic E-state index is 11.9. The Morgan fingerprint density at radius 2 is 2.05 bits per heavy atom. The van der Waals surface area contributed by atoms with E-state index < -0.39 is 16.1 Å². The molecule has 2 atom stereocenters. The molecule has 1 aliphatic heterocycles. The van der Waals surface area contributed by atoms with Crippen LogP contribution in [0.5, 0.6) is 0 Å². The van der Waals surface area contributed by atoms with Gasteiger partial charge in [-0.25, -0.2) is 13.1 Å². The van der Waals surface area contributed by atoms with Crippen molar-refractivity contribution >= 4 is 10.0 Å². The van der Waals surface area contributed by atoms with Crippen LogP contribution in [0.15, 0.2) is 30.3 Å². The number of rotatable bonds is 6. The predicted molar refractivity (Wildman–Crippen MR) is 74.3 cm³/mol. The Kier molecular flexibility index (Phi) is 7.31. The summed E-state index contributed by atoms with van der Waals surface area (Å²) < 4.78 is 26.2. The van der Waals surface area contributed by atoms with Crippen molar-refractivity contribution in [1.82, 2.24) is 4.72 Å². The monoisotopic (exact) mass is 389 g/mol. The van der Waals surface area contributed by atoms with Crippen LogP contribution in [0.3, 0.4) is 0 Å². The van der Waals surface area contributed by atoms with Crippen LogP contribution in [-0.4, -0.2) is 38.0 Å². The van der Waals surface area contributed by atoms with E-state index in [1.165, 1.54) is 0 Å². The number of sulfonamides is 1. The van der Waals surface area contributed by atoms with E-state index >= 15 is 0 Å². The van der Waals surface area contributed by atoms with Crippen LogP contribution in [0.2, 0.25) is 0 Å². The smallest absolute Gasteiger partial charge is 0.214 e. The Hall–Kier alpha value is -0.288. The molecule has 0 bridgehead atoms. The van der Waals surface area contributed by atoms with Crippen molar-refractivity contribution in [2.24, 2.45) is 0 Å². The van der Waals surface area contributed by atoms with Gasteiger partial charge in [0, 0.05) is 27.0 Å². The van der Waals surface area contributed by atoms with Gasteiger partial charge in [-0.1, -0.05) is 43.2 Å². The first-order valence-corrected chi connectivity index (χ1v) is 8.08. The zero-order valence-electron chi connectivity index (χ0n) is 11.0. The minimum atomic E-state index is -3.48. The fraction of sp³-hybridized carbons (Fsp3) is 0.538. The van der Waals surface area contributed by atoms with Gasteiger partial charge in [-0.3, -0.25) is 0 Å². The van der Waals surface area contributed by atoms with Crippen LogP contribution in [0.4, 0.5) is 0 Å². The molecule has 1 aromatic carbocycles. The Morgan fingerprint density at radius 3 is 2.65 bits per heavy atom. The van der Waals surface area contributed by atoms with Gasteiger partial charge in [-0.05, 0) is 5.56 Å². The third-order valence-electron chi connectivity index (χ3n) is 3.19. The molecule has 0 aliphatic carbocycles. The number of aliphatic hydroxyl groups excluding tert-OH is 1. The minimum Gasteiger partial charge on any atom is -0.657 e. The predicted octanol–water partition coefficient (Wildman–Crippen LogP) is 1.00. The van der Waals surface area contributed by atoms with Crippen molar-refractivity contribution in [2.45, 2.75) is 31.5 Å². The summed E-state index contributed by atoms with van der Waals surface area (Å²) in [6.07, 6.45) is 0.796. The second-order valence-corrected chi connectivity index (χ2v) is 6.62. The Balaban J connectivity index is 0.00000200. The van der Waals surface area contributed by atoms with Crippen LogP contribution in [0.25, 0.3) is 5.32 Å². The molecule has 20 heavy (non-hydrogen) atoms. The maximum atomic E-state index is 11.9. The largest absolute Gasteiger partial charge is 0.657 e. The summed E-state index contributed by atoms with van der Waals surface area (Å²) >= 11 is 0. The second kappa shape index (κ2) is 8.23. The van der Waals surface area contributed by atoms with Crippen molar-refractivity contribution in [3.63, 3.8) is 0 Å². The molecule has 1 aliphatic rings. The van der Waals surface area contributed by atoms with Gasteiger partial charge in [0.25, 0.3) is 0 Å². The molecule has 0 radical (unpaired) electrons. The number of hydrogen-bond acceptors (Lipinski definition) is 3. The molecular formula is C13H19N2O3PdS-. The van der Waals surface area contributed by atoms with Crippen LogP contribution in [0, 0.1) is 0 Å². The van der Waals surface area contributed by atoms with Crippen molar-refractivity contribution in [3.05, 3.63) is 41.2 Å². The van der Waals surface area contributed by atoms with Crippen LogP contribution in [-0.2, 0) is 37.0 Å². The molecule has 2 N–H and O–H groups in total. The van der Waals surface area contributed by atoms with Gasteiger partial charge in [0.05, 0.1) is 11.9 Å². The molecule has 0 saturated carbocycles. The van der Waals surface area contributed by atoms with Gasteiger partial charge in [0.1, 0.15) is 0 Å². The SMILES string of the molecule is O=S(=O)(CC(O)C1CCC[N-]1)NCc1ccccc1.[Pd]. The van der Waals surface area contributed by atoms with Gasteiger partial charge < -0.3 is 10.4 Å². The molecule has 0 aromatic heterocycles. The summed E-state index contributed by atoms with van der Waals surface area (Å²) in [6, 6.07) is 9.07. The van der Waals surface area contributed by atoms with E-state index in [-0.39, 0.29) is 38.8 Å². The molecule has 116 valence electrons. The van der Waals surface area contributed by atoms with E-state index in [2.05, 4.69) is 10.0 Å². The maximum Gasteiger partial charge on any atom is 0.214 e. The second-order valence-electron chi connectivity index (χ2n) is 4.77. The van der Waals surface area contributed by atoms with E-state index in [1.807, 2.05) is 30.3 Å². The zero-order valence-corrected chi connectivity index (χ0v) is 13.4. The Bertz CT molecular complexity index is 490. The molecule has 2 unspecified atom stereocenters. The number of aliphatic hydroxyl groups is 1. The van der Waals surface area contributed by atoms with Crippen molar-refractivity contribution in [3.8, 4) is 0 Å². The number of nitrogens with zero attached hydrogens (tertiary/aromatic N) is 1. The van der Waals surface area contributed by atoms with E-state index in [9.17, 15) is 13.5 Å². The first-order chi connectivity index (χ1) is 9.07. The van der Waals surface area contributed by atoms with Crippen molar-refractivity contribution < 1.29 is 33.9 Å². The Labute approximate surface area is 133 Å². The summed E-state index contributed by atoms with van der Waals surface area (Å²) in [6.45, 7) is 0.969. The van der Waals surface area contributed by atoms with Crippen LogP contribution in [0.1, 0.15) is 18.4 Å². The Morgan fingerprint density at radius 1 is 1.35 bits per heavy atom. The van der Waals surface area contributed by atoms with E-state index in [0.29, 0.717) is 0 Å². The van der Waals surface area contributed by atoms with E-state index in [1.54, 1.807) is 0 Å². The zero-order chi connectivity index (χ0) is 13.7. The summed E-state index contributed by atoms with van der Waals surface area (Å²) in [5, 5.41) is 14.1. The molecule has 1 saturated heterocycles. The first kappa shape index (κ1) is 17.8. The number of hydrogen-bond donors (Lipinski definition) is 2. The number of nitrogens with one attached hydrogen (secondary N) is 1. The standard InChI is InChI=1S/C13H19N2O3S.Pd/c16-13(12-7-4-8-14-12)10-19(17,18)15-9-11-5-2-1-3-6-11;/h1-3,5-6,12-13,15-16H,4,7-10H2;/q-1;. The summed E-state index contributed by atoms with van der Waals surface area (Å²) in [7, 11) is -3.48. The normalized spacial score (nSPS) is 20.4. The quantitative estimate of drug-likeness (QED) is 0.712. The summed E-state index contributed by atoms with van der Waals surface area (Å²) in [4.78, 5) is 0. The third-order valence-corrected chi connectivity index (χ3v) is 4.56. The third kappa shape index (κ3) is 5.60. The van der Waals surface area contributed by atoms with Gasteiger partial charge in [-0.2, -0.15) is 0 Å². The molecular weight excluding hydrogens is 371 g/mol. The van der Waals surface area contributed by atoms with E-state index in [0.717, 1.165) is 24.9 Å². The van der Waals surface area contributed by atoms with Gasteiger partial charge in [-0.15, -0.1) is 12.6 Å². The van der Waals surface area contributed by atoms with Gasteiger partial charge in [0.15, 0.2) is 0 Å². The topological polar surface area (TPSA) is 80.5 Å². The molecule has 1 fully saturated rings. The molecule has 5 nitrogen and oxygen atoms in total. The van der Waals surface area contributed by atoms with Gasteiger partial charge >= 0.3 is 0 Å². The molecule has 2 rings (SSSR count). The van der Waals surface area contributed by atoms with Crippen molar-refractivity contribution in [1.29, 1.82) is 0 Å². The summed E-state index contributed by atoms with van der Waals surface area (Å²) in [5.41, 5.74) is 0.895. The molecule has 0 amide bonds. The molecule has 0 spiro atoms. The van der Waals surface area contributed by atoms with Crippen molar-refractivity contribution in [2.75, 3.05) is 12.3 Å². The minimum absolute atomic E-state index is 0. The fourth-order valence-corrected chi connectivity index (χ4v) is 3.32. The van der Waals surface area contributed by atoms with E-state index in [4.69, 9.17) is 0 Å². The van der Waals surface area contributed by atoms with Gasteiger partial charge in [0.2, 0.25) is 10.0 Å². The molecule has 7 heteroatoms. The molecule has 1 heterocycles. The average molecular weight is 390 g/mol. The van der Waals surface area contributed by atoms with Crippen LogP contribution < -0.4 is 4.72 Å². The molecule has 1 aromatic rings. The average Bonchev–Trinajstić information content (AvgIpc) is 2.91.